The number of aromatic hydroxyl groups is 2. The third kappa shape index (κ3) is 5.49. The third-order valence-corrected chi connectivity index (χ3v) is 7.07. The highest BCUT2D eigenvalue weighted by molar-refractivity contribution is 5.88. The molecule has 2 fully saturated rings. The van der Waals surface area contributed by atoms with E-state index in [4.69, 9.17) is 28.1 Å². The van der Waals surface area contributed by atoms with Gasteiger partial charge in [-0.25, -0.2) is 0 Å². The number of methoxy groups -OCH3 is 1. The minimum atomic E-state index is -1.84. The van der Waals surface area contributed by atoms with Crippen molar-refractivity contribution in [2.75, 3.05) is 20.3 Å². The van der Waals surface area contributed by atoms with Gasteiger partial charge in [0.1, 0.15) is 64.8 Å². The molecule has 42 heavy (non-hydrogen) atoms. The predicted octanol–water partition coefficient (Wildman–Crippen LogP) is -1.48. The molecule has 8 N–H and O–H groups in total. The molecule has 2 aromatic carbocycles. The molecule has 2 aliphatic heterocycles. The molecule has 3 heterocycles. The van der Waals surface area contributed by atoms with Crippen LogP contribution in [-0.4, -0.2) is 116 Å². The van der Waals surface area contributed by atoms with E-state index in [1.807, 2.05) is 0 Å². The van der Waals surface area contributed by atoms with Crippen LogP contribution in [0.1, 0.15) is 0 Å². The largest absolute Gasteiger partial charge is 0.508 e. The number of fused-ring (bicyclic) bond motifs is 1. The average molecular weight is 595 g/mol. The van der Waals surface area contributed by atoms with E-state index in [-0.39, 0.29) is 28.0 Å². The van der Waals surface area contributed by atoms with E-state index in [1.165, 1.54) is 19.2 Å². The molecule has 2 aliphatic rings. The van der Waals surface area contributed by atoms with Crippen LogP contribution >= 0.6 is 0 Å². The molecule has 0 saturated carbocycles. The van der Waals surface area contributed by atoms with Gasteiger partial charge in [-0.05, 0) is 24.3 Å². The topological polar surface area (TPSA) is 238 Å². The summed E-state index contributed by atoms with van der Waals surface area (Å²) in [6.45, 7) is -1.22. The molecule has 228 valence electrons. The van der Waals surface area contributed by atoms with Gasteiger partial charge < -0.3 is 69.0 Å². The fourth-order valence-corrected chi connectivity index (χ4v) is 4.77. The minimum absolute atomic E-state index is 0.192. The fraction of sp³-hybridized carbons (Fsp3) is 0.444. The summed E-state index contributed by atoms with van der Waals surface area (Å²) in [5, 5.41) is 81.4. The molecule has 0 radical (unpaired) electrons. The Hall–Kier alpha value is -3.51. The summed E-state index contributed by atoms with van der Waals surface area (Å²) in [6, 6.07) is 8.22. The van der Waals surface area contributed by atoms with Crippen molar-refractivity contribution < 1.29 is 69.0 Å². The van der Waals surface area contributed by atoms with Gasteiger partial charge in [0.05, 0.1) is 20.3 Å². The van der Waals surface area contributed by atoms with E-state index < -0.39 is 85.4 Å². The Morgan fingerprint density at radius 3 is 2.31 bits per heavy atom. The van der Waals surface area contributed by atoms with E-state index in [2.05, 4.69) is 0 Å². The highest BCUT2D eigenvalue weighted by Gasteiger charge is 2.50. The van der Waals surface area contributed by atoms with Crippen LogP contribution in [0.2, 0.25) is 0 Å². The number of aliphatic hydroxyl groups is 6. The zero-order chi connectivity index (χ0) is 30.3. The summed E-state index contributed by atoms with van der Waals surface area (Å²) < 4.78 is 33.5. The second-order valence-corrected chi connectivity index (χ2v) is 9.83. The number of ether oxygens (including phenoxy) is 5. The second-order valence-electron chi connectivity index (χ2n) is 9.83. The molecular weight excluding hydrogens is 564 g/mol. The molecule has 5 rings (SSSR count). The van der Waals surface area contributed by atoms with Crippen LogP contribution in [0.5, 0.6) is 23.0 Å². The minimum Gasteiger partial charge on any atom is -0.508 e. The van der Waals surface area contributed by atoms with Crippen LogP contribution in [0.3, 0.4) is 0 Å². The van der Waals surface area contributed by atoms with Gasteiger partial charge in [-0.1, -0.05) is 0 Å². The summed E-state index contributed by atoms with van der Waals surface area (Å²) in [7, 11) is 1.45. The van der Waals surface area contributed by atoms with E-state index >= 15 is 0 Å². The van der Waals surface area contributed by atoms with Crippen molar-refractivity contribution in [3.8, 4) is 34.3 Å². The molecular formula is C27H30O15. The maximum absolute atomic E-state index is 13.7. The van der Waals surface area contributed by atoms with Crippen molar-refractivity contribution in [2.24, 2.45) is 0 Å². The number of benzene rings is 2. The second kappa shape index (κ2) is 12.0. The lowest BCUT2D eigenvalue weighted by atomic mass is 9.98. The molecule has 0 unspecified atom stereocenters. The Labute approximate surface area is 236 Å². The first-order valence-corrected chi connectivity index (χ1v) is 12.8. The lowest BCUT2D eigenvalue weighted by molar-refractivity contribution is -0.345. The van der Waals surface area contributed by atoms with Crippen molar-refractivity contribution in [3.63, 3.8) is 0 Å². The Morgan fingerprint density at radius 1 is 0.929 bits per heavy atom. The number of aliphatic hydroxyl groups excluding tert-OH is 6. The van der Waals surface area contributed by atoms with E-state index in [0.717, 1.165) is 12.1 Å². The van der Waals surface area contributed by atoms with Crippen LogP contribution < -0.4 is 14.9 Å². The first-order chi connectivity index (χ1) is 20.0. The zero-order valence-electron chi connectivity index (χ0n) is 22.0. The Bertz CT molecular complexity index is 1460. The number of phenolic OH excluding ortho intramolecular Hbond substituents is 2. The smallest absolute Gasteiger partial charge is 0.239 e. The van der Waals surface area contributed by atoms with Crippen molar-refractivity contribution in [1.29, 1.82) is 0 Å². The van der Waals surface area contributed by atoms with Gasteiger partial charge in [-0.15, -0.1) is 0 Å². The predicted molar refractivity (Wildman–Crippen MR) is 139 cm³/mol. The van der Waals surface area contributed by atoms with Gasteiger partial charge in [0.25, 0.3) is 0 Å². The van der Waals surface area contributed by atoms with Crippen molar-refractivity contribution >= 4 is 11.0 Å². The molecule has 1 aromatic heterocycles. The van der Waals surface area contributed by atoms with Gasteiger partial charge in [-0.2, -0.15) is 0 Å². The number of hydrogen-bond donors (Lipinski definition) is 8. The number of rotatable bonds is 7. The quantitative estimate of drug-likeness (QED) is 0.156. The van der Waals surface area contributed by atoms with Crippen LogP contribution in [0.15, 0.2) is 45.6 Å². The van der Waals surface area contributed by atoms with Crippen molar-refractivity contribution in [3.05, 3.63) is 46.6 Å². The molecule has 0 amide bonds. The molecule has 0 spiro atoms. The first-order valence-electron chi connectivity index (χ1n) is 12.8. The summed E-state index contributed by atoms with van der Waals surface area (Å²) in [4.78, 5) is 13.7. The lowest BCUT2D eigenvalue weighted by Crippen LogP contribution is -2.64. The molecule has 3 aromatic rings. The molecule has 9 atom stereocenters. The Morgan fingerprint density at radius 2 is 1.64 bits per heavy atom. The van der Waals surface area contributed by atoms with Gasteiger partial charge in [0.2, 0.25) is 17.5 Å². The molecule has 15 heteroatoms. The molecule has 0 bridgehead atoms. The highest BCUT2D eigenvalue weighted by atomic mass is 16.8. The molecule has 0 aliphatic carbocycles. The standard InChI is InChI=1S/C27H30O15/c1-37-12-4-2-10(3-5-12)23-24(20(34)17-13(30)6-11(29)7-15(17)39-23)41-27-25(21(35)19(33)16(8-28)40-27)42-26-22(36)18(32)14(31)9-38-26/h2-7,14,16,18-19,21-22,25-33,35-36H,8-9H2,1H3/t14-,16-,18-,19+,21-,22-,25+,26+,27-/m0/s1. The van der Waals surface area contributed by atoms with Gasteiger partial charge in [0, 0.05) is 17.7 Å². The first kappa shape index (κ1) is 30.0. The lowest BCUT2D eigenvalue weighted by Gasteiger charge is -2.44. The van der Waals surface area contributed by atoms with Crippen molar-refractivity contribution in [1.82, 2.24) is 0 Å². The average Bonchev–Trinajstić information content (AvgIpc) is 2.97. The fourth-order valence-electron chi connectivity index (χ4n) is 4.77. The monoisotopic (exact) mass is 594 g/mol. The van der Waals surface area contributed by atoms with Crippen LogP contribution in [0.4, 0.5) is 0 Å². The maximum Gasteiger partial charge on any atom is 0.239 e. The third-order valence-electron chi connectivity index (χ3n) is 7.07. The number of phenols is 2. The summed E-state index contributed by atoms with van der Waals surface area (Å²) in [6.07, 6.45) is -15.0. The normalized spacial score (nSPS) is 31.6. The van der Waals surface area contributed by atoms with Gasteiger partial charge >= 0.3 is 0 Å². The Balaban J connectivity index is 1.60. The summed E-state index contributed by atoms with van der Waals surface area (Å²) >= 11 is 0. The van der Waals surface area contributed by atoms with Crippen LogP contribution in [0, 0.1) is 0 Å². The van der Waals surface area contributed by atoms with E-state index in [0.29, 0.717) is 5.75 Å². The van der Waals surface area contributed by atoms with Crippen LogP contribution in [-0.2, 0) is 14.2 Å². The van der Waals surface area contributed by atoms with E-state index in [1.54, 1.807) is 12.1 Å². The number of hydrogen-bond acceptors (Lipinski definition) is 15. The Kier molecular flexibility index (Phi) is 8.56. The SMILES string of the molecule is COc1ccc(-c2oc3cc(O)cc(O)c3c(=O)c2O[C@@H]2O[C@@H](CO)[C@@H](O)[C@H](O)[C@H]2O[C@H]2OC[C@H](O)[C@H](O)[C@@H]2O)cc1. The maximum atomic E-state index is 13.7. The summed E-state index contributed by atoms with van der Waals surface area (Å²) in [5.41, 5.74) is -0.832. The van der Waals surface area contributed by atoms with E-state index in [9.17, 15) is 45.6 Å². The highest BCUT2D eigenvalue weighted by Crippen LogP contribution is 2.38. The van der Waals surface area contributed by atoms with Crippen molar-refractivity contribution in [2.45, 2.75) is 55.3 Å². The zero-order valence-corrected chi connectivity index (χ0v) is 22.0. The summed E-state index contributed by atoms with van der Waals surface area (Å²) in [5.74, 6) is -1.28. The molecule has 2 saturated heterocycles. The van der Waals surface area contributed by atoms with Crippen LogP contribution in [0.25, 0.3) is 22.3 Å². The molecule has 15 nitrogen and oxygen atoms in total. The van der Waals surface area contributed by atoms with Gasteiger partial charge in [0.15, 0.2) is 18.2 Å². The van der Waals surface area contributed by atoms with Gasteiger partial charge in [-0.3, -0.25) is 4.79 Å².